The minimum absolute atomic E-state index is 0.659. The van der Waals surface area contributed by atoms with Gasteiger partial charge in [0, 0.05) is 13.1 Å². The lowest BCUT2D eigenvalue weighted by atomic mass is 10.4. The predicted octanol–water partition coefficient (Wildman–Crippen LogP) is 4.08. The van der Waals surface area contributed by atoms with E-state index in [1.807, 2.05) is 0 Å². The van der Waals surface area contributed by atoms with E-state index in [2.05, 4.69) is 32.4 Å². The van der Waals surface area contributed by atoms with Gasteiger partial charge in [0.25, 0.3) is 0 Å². The van der Waals surface area contributed by atoms with Crippen molar-refractivity contribution < 1.29 is 0 Å². The summed E-state index contributed by atoms with van der Waals surface area (Å²) in [5, 5.41) is 2.74. The monoisotopic (exact) mass is 311 g/mol. The Morgan fingerprint density at radius 2 is 2.21 bits per heavy atom. The standard InChI is InChI=1S/C13H14ClN3S2/c14-10-8-15-11(9-19-12-4-3-7-18-12)16-13(10)17-5-1-2-6-17/h3-4,7-8H,1-2,5-6,9H2. The number of hydrogen-bond donors (Lipinski definition) is 0. The van der Waals surface area contributed by atoms with E-state index in [4.69, 9.17) is 11.6 Å². The molecule has 3 heterocycles. The fraction of sp³-hybridized carbons (Fsp3) is 0.385. The Kier molecular flexibility index (Phi) is 4.25. The van der Waals surface area contributed by atoms with Crippen LogP contribution < -0.4 is 4.90 Å². The van der Waals surface area contributed by atoms with Crippen LogP contribution in [-0.4, -0.2) is 23.1 Å². The molecule has 3 nitrogen and oxygen atoms in total. The van der Waals surface area contributed by atoms with Gasteiger partial charge in [-0.1, -0.05) is 17.7 Å². The molecular formula is C13H14ClN3S2. The molecule has 2 aromatic rings. The molecule has 0 unspecified atom stereocenters. The molecule has 0 radical (unpaired) electrons. The molecule has 1 aliphatic heterocycles. The molecule has 0 spiro atoms. The highest BCUT2D eigenvalue weighted by molar-refractivity contribution is 8.00. The Balaban J connectivity index is 1.73. The molecule has 0 atom stereocenters. The number of anilines is 1. The first-order chi connectivity index (χ1) is 9.33. The van der Waals surface area contributed by atoms with Crippen molar-refractivity contribution in [2.75, 3.05) is 18.0 Å². The Morgan fingerprint density at radius 3 is 2.95 bits per heavy atom. The highest BCUT2D eigenvalue weighted by atomic mass is 35.5. The summed E-state index contributed by atoms with van der Waals surface area (Å²) in [6, 6.07) is 4.18. The Labute approximate surface area is 126 Å². The van der Waals surface area contributed by atoms with Gasteiger partial charge in [0.1, 0.15) is 10.8 Å². The van der Waals surface area contributed by atoms with Crippen molar-refractivity contribution in [1.82, 2.24) is 9.97 Å². The van der Waals surface area contributed by atoms with E-state index < -0.39 is 0 Å². The van der Waals surface area contributed by atoms with Gasteiger partial charge in [0.05, 0.1) is 16.2 Å². The Hall–Kier alpha value is -0.780. The highest BCUT2D eigenvalue weighted by Crippen LogP contribution is 2.29. The number of nitrogens with zero attached hydrogens (tertiary/aromatic N) is 3. The summed E-state index contributed by atoms with van der Waals surface area (Å²) in [4.78, 5) is 11.2. The maximum atomic E-state index is 6.20. The molecular weight excluding hydrogens is 298 g/mol. The van der Waals surface area contributed by atoms with Gasteiger partial charge in [0.15, 0.2) is 5.82 Å². The van der Waals surface area contributed by atoms with E-state index in [0.29, 0.717) is 5.02 Å². The maximum absolute atomic E-state index is 6.20. The first-order valence-electron chi connectivity index (χ1n) is 6.25. The van der Waals surface area contributed by atoms with E-state index in [1.165, 1.54) is 17.1 Å². The van der Waals surface area contributed by atoms with Crippen molar-refractivity contribution >= 4 is 40.5 Å². The van der Waals surface area contributed by atoms with Crippen LogP contribution in [0.3, 0.4) is 0 Å². The van der Waals surface area contributed by atoms with Gasteiger partial charge in [-0.25, -0.2) is 9.97 Å². The van der Waals surface area contributed by atoms with Crippen LogP contribution in [0.2, 0.25) is 5.02 Å². The average molecular weight is 312 g/mol. The molecule has 100 valence electrons. The fourth-order valence-corrected chi connectivity index (χ4v) is 3.95. The number of aromatic nitrogens is 2. The van der Waals surface area contributed by atoms with Gasteiger partial charge in [-0.2, -0.15) is 0 Å². The second kappa shape index (κ2) is 6.11. The van der Waals surface area contributed by atoms with Crippen molar-refractivity contribution in [3.05, 3.63) is 34.6 Å². The van der Waals surface area contributed by atoms with Crippen LogP contribution in [0.15, 0.2) is 27.9 Å². The molecule has 0 N–H and O–H groups in total. The molecule has 0 bridgehead atoms. The van der Waals surface area contributed by atoms with Gasteiger partial charge < -0.3 is 4.90 Å². The molecule has 1 aliphatic rings. The van der Waals surface area contributed by atoms with E-state index in [9.17, 15) is 0 Å². The van der Waals surface area contributed by atoms with E-state index in [-0.39, 0.29) is 0 Å². The first-order valence-corrected chi connectivity index (χ1v) is 8.50. The predicted molar refractivity (Wildman–Crippen MR) is 82.4 cm³/mol. The van der Waals surface area contributed by atoms with Crippen LogP contribution in [0.1, 0.15) is 18.7 Å². The van der Waals surface area contributed by atoms with E-state index in [1.54, 1.807) is 29.3 Å². The van der Waals surface area contributed by atoms with Crippen LogP contribution in [0.4, 0.5) is 5.82 Å². The molecule has 0 aromatic carbocycles. The molecule has 19 heavy (non-hydrogen) atoms. The molecule has 0 saturated carbocycles. The topological polar surface area (TPSA) is 29.0 Å². The normalized spacial score (nSPS) is 15.1. The largest absolute Gasteiger partial charge is 0.355 e. The lowest BCUT2D eigenvalue weighted by Crippen LogP contribution is -2.20. The molecule has 3 rings (SSSR count). The SMILES string of the molecule is Clc1cnc(CSc2cccs2)nc1N1CCCC1. The minimum Gasteiger partial charge on any atom is -0.355 e. The Bertz CT molecular complexity index is 539. The summed E-state index contributed by atoms with van der Waals surface area (Å²) in [5.74, 6) is 2.54. The summed E-state index contributed by atoms with van der Waals surface area (Å²) in [6.07, 6.45) is 4.17. The van der Waals surface area contributed by atoms with Crippen LogP contribution in [0, 0.1) is 0 Å². The first kappa shape index (κ1) is 13.2. The van der Waals surface area contributed by atoms with Crippen molar-refractivity contribution in [3.8, 4) is 0 Å². The van der Waals surface area contributed by atoms with Gasteiger partial charge in [-0.05, 0) is 24.3 Å². The van der Waals surface area contributed by atoms with Crippen LogP contribution >= 0.6 is 34.7 Å². The number of halogens is 1. The van der Waals surface area contributed by atoms with Gasteiger partial charge in [-0.15, -0.1) is 23.1 Å². The summed E-state index contributed by atoms with van der Waals surface area (Å²) < 4.78 is 1.29. The number of rotatable bonds is 4. The quantitative estimate of drug-likeness (QED) is 0.795. The molecule has 2 aromatic heterocycles. The van der Waals surface area contributed by atoms with Crippen molar-refractivity contribution in [1.29, 1.82) is 0 Å². The second-order valence-corrected chi connectivity index (χ2v) is 7.00. The molecule has 1 fully saturated rings. The number of thioether (sulfide) groups is 1. The van der Waals surface area contributed by atoms with Crippen molar-refractivity contribution in [2.45, 2.75) is 22.8 Å². The molecule has 1 saturated heterocycles. The van der Waals surface area contributed by atoms with E-state index in [0.717, 1.165) is 30.5 Å². The van der Waals surface area contributed by atoms with E-state index >= 15 is 0 Å². The Morgan fingerprint density at radius 1 is 1.37 bits per heavy atom. The number of hydrogen-bond acceptors (Lipinski definition) is 5. The molecule has 0 aliphatic carbocycles. The third kappa shape index (κ3) is 3.22. The lowest BCUT2D eigenvalue weighted by molar-refractivity contribution is 0.906. The summed E-state index contributed by atoms with van der Waals surface area (Å²) in [6.45, 7) is 2.10. The summed E-state index contributed by atoms with van der Waals surface area (Å²) >= 11 is 9.72. The number of thiophene rings is 1. The average Bonchev–Trinajstić information content (AvgIpc) is 3.11. The van der Waals surface area contributed by atoms with Gasteiger partial charge in [-0.3, -0.25) is 0 Å². The van der Waals surface area contributed by atoms with Gasteiger partial charge >= 0.3 is 0 Å². The second-order valence-electron chi connectivity index (χ2n) is 4.37. The molecule has 0 amide bonds. The van der Waals surface area contributed by atoms with Crippen LogP contribution in [0.25, 0.3) is 0 Å². The summed E-state index contributed by atoms with van der Waals surface area (Å²) in [5.41, 5.74) is 0. The van der Waals surface area contributed by atoms with Crippen LogP contribution in [-0.2, 0) is 5.75 Å². The zero-order chi connectivity index (χ0) is 13.1. The van der Waals surface area contributed by atoms with Crippen molar-refractivity contribution in [3.63, 3.8) is 0 Å². The zero-order valence-corrected chi connectivity index (χ0v) is 12.8. The fourth-order valence-electron chi connectivity index (χ4n) is 2.09. The zero-order valence-electron chi connectivity index (χ0n) is 10.4. The minimum atomic E-state index is 0.659. The van der Waals surface area contributed by atoms with Crippen molar-refractivity contribution in [2.24, 2.45) is 0 Å². The lowest BCUT2D eigenvalue weighted by Gasteiger charge is -2.17. The third-order valence-corrected chi connectivity index (χ3v) is 5.41. The third-order valence-electron chi connectivity index (χ3n) is 3.02. The smallest absolute Gasteiger partial charge is 0.151 e. The van der Waals surface area contributed by atoms with Crippen LogP contribution in [0.5, 0.6) is 0 Å². The molecule has 6 heteroatoms. The van der Waals surface area contributed by atoms with Gasteiger partial charge in [0.2, 0.25) is 0 Å². The highest BCUT2D eigenvalue weighted by Gasteiger charge is 2.17. The maximum Gasteiger partial charge on any atom is 0.151 e. The summed E-state index contributed by atoms with van der Waals surface area (Å²) in [7, 11) is 0.